The summed E-state index contributed by atoms with van der Waals surface area (Å²) >= 11 is 0. The predicted octanol–water partition coefficient (Wildman–Crippen LogP) is 2.18. The van der Waals surface area contributed by atoms with Gasteiger partial charge < -0.3 is 21.7 Å². The molecule has 2 aromatic carbocycles. The highest BCUT2D eigenvalue weighted by Gasteiger charge is 2.31. The van der Waals surface area contributed by atoms with Crippen LogP contribution in [0.4, 0.5) is 5.69 Å². The first-order valence-corrected chi connectivity index (χ1v) is 10.4. The van der Waals surface area contributed by atoms with Gasteiger partial charge in [-0.25, -0.2) is 0 Å². The fourth-order valence-corrected chi connectivity index (χ4v) is 3.54. The molecule has 0 aliphatic heterocycles. The lowest BCUT2D eigenvalue weighted by Crippen LogP contribution is -2.25. The summed E-state index contributed by atoms with van der Waals surface area (Å²) in [6, 6.07) is 12.5. The second kappa shape index (κ2) is 10.9. The van der Waals surface area contributed by atoms with Crippen LogP contribution in [0, 0.1) is 0 Å². The number of carbonyl (C=O) groups excluding carboxylic acids is 2. The van der Waals surface area contributed by atoms with Crippen LogP contribution in [0.25, 0.3) is 0 Å². The van der Waals surface area contributed by atoms with E-state index in [1.54, 1.807) is 30.3 Å². The predicted molar refractivity (Wildman–Crippen MR) is 117 cm³/mol. The third-order valence-corrected chi connectivity index (χ3v) is 5.06. The number of fused-ring (bicyclic) bond motifs is 2. The molecule has 1 aliphatic rings. The Kier molecular flexibility index (Phi) is 7.93. The van der Waals surface area contributed by atoms with E-state index in [0.717, 1.165) is 64.2 Å². The van der Waals surface area contributed by atoms with E-state index < -0.39 is 0 Å². The maximum atomic E-state index is 13.0. The second-order valence-electron chi connectivity index (χ2n) is 7.21. The van der Waals surface area contributed by atoms with Gasteiger partial charge in [-0.1, -0.05) is 36.4 Å². The highest BCUT2D eigenvalue weighted by Crippen LogP contribution is 2.31. The molecule has 6 nitrogen and oxygen atoms in total. The third kappa shape index (κ3) is 5.29. The van der Waals surface area contributed by atoms with Crippen LogP contribution in [0.2, 0.25) is 0 Å². The quantitative estimate of drug-likeness (QED) is 0.352. The van der Waals surface area contributed by atoms with Crippen molar-refractivity contribution in [2.24, 2.45) is 5.73 Å². The van der Waals surface area contributed by atoms with E-state index in [9.17, 15) is 9.59 Å². The lowest BCUT2D eigenvalue weighted by molar-refractivity contribution is 0.0979. The topological polar surface area (TPSA) is 96.2 Å². The van der Waals surface area contributed by atoms with Gasteiger partial charge in [0.05, 0.1) is 5.56 Å². The normalized spacial score (nSPS) is 12.6. The van der Waals surface area contributed by atoms with E-state index in [4.69, 9.17) is 5.73 Å². The van der Waals surface area contributed by atoms with Gasteiger partial charge in [-0.3, -0.25) is 9.59 Å². The Hall–Kier alpha value is -2.54. The van der Waals surface area contributed by atoms with Crippen LogP contribution < -0.4 is 21.7 Å². The van der Waals surface area contributed by atoms with Crippen molar-refractivity contribution in [2.75, 3.05) is 44.6 Å². The molecule has 29 heavy (non-hydrogen) atoms. The van der Waals surface area contributed by atoms with E-state index in [2.05, 4.69) is 16.0 Å². The van der Waals surface area contributed by atoms with E-state index in [1.165, 1.54) is 0 Å². The summed E-state index contributed by atoms with van der Waals surface area (Å²) in [4.78, 5) is 25.7. The van der Waals surface area contributed by atoms with Gasteiger partial charge in [-0.05, 0) is 58.1 Å². The highest BCUT2D eigenvalue weighted by molar-refractivity contribution is 6.30. The summed E-state index contributed by atoms with van der Waals surface area (Å²) in [6.45, 7) is 5.32. The van der Waals surface area contributed by atoms with Crippen molar-refractivity contribution in [1.29, 1.82) is 0 Å². The number of benzene rings is 2. The molecule has 0 unspecified atom stereocenters. The minimum Gasteiger partial charge on any atom is -0.384 e. The monoisotopic (exact) mass is 394 g/mol. The molecule has 0 fully saturated rings. The van der Waals surface area contributed by atoms with Crippen molar-refractivity contribution in [3.05, 3.63) is 64.7 Å². The maximum absolute atomic E-state index is 13.0. The minimum atomic E-state index is -0.0847. The van der Waals surface area contributed by atoms with Crippen molar-refractivity contribution in [2.45, 2.75) is 19.3 Å². The molecule has 0 atom stereocenters. The lowest BCUT2D eigenvalue weighted by atomic mass is 9.83. The summed E-state index contributed by atoms with van der Waals surface area (Å²) in [5.41, 5.74) is 8.15. The van der Waals surface area contributed by atoms with Gasteiger partial charge in [0, 0.05) is 28.9 Å². The fraction of sp³-hybridized carbons (Fsp3) is 0.391. The van der Waals surface area contributed by atoms with Crippen molar-refractivity contribution in [3.8, 4) is 0 Å². The molecule has 0 radical (unpaired) electrons. The van der Waals surface area contributed by atoms with Crippen LogP contribution in [-0.2, 0) is 0 Å². The first kappa shape index (κ1) is 21.2. The van der Waals surface area contributed by atoms with Gasteiger partial charge in [0.15, 0.2) is 11.6 Å². The van der Waals surface area contributed by atoms with Crippen LogP contribution in [0.1, 0.15) is 51.1 Å². The summed E-state index contributed by atoms with van der Waals surface area (Å²) in [5, 5.41) is 10.1. The smallest absolute Gasteiger partial charge is 0.196 e. The van der Waals surface area contributed by atoms with E-state index in [-0.39, 0.29) is 11.6 Å². The summed E-state index contributed by atoms with van der Waals surface area (Å²) < 4.78 is 0. The number of ketones is 2. The zero-order valence-corrected chi connectivity index (χ0v) is 16.8. The number of hydrogen-bond acceptors (Lipinski definition) is 6. The largest absolute Gasteiger partial charge is 0.384 e. The number of carbonyl (C=O) groups is 2. The summed E-state index contributed by atoms with van der Waals surface area (Å²) in [5.74, 6) is -0.167. The van der Waals surface area contributed by atoms with Crippen LogP contribution in [0.3, 0.4) is 0 Å². The first-order valence-electron chi connectivity index (χ1n) is 10.4. The van der Waals surface area contributed by atoms with E-state index in [0.29, 0.717) is 22.3 Å². The summed E-state index contributed by atoms with van der Waals surface area (Å²) in [7, 11) is 0. The van der Waals surface area contributed by atoms with E-state index >= 15 is 0 Å². The Balaban J connectivity index is 1.46. The number of nitrogens with two attached hydrogens (primary N) is 1. The van der Waals surface area contributed by atoms with Crippen molar-refractivity contribution < 1.29 is 9.59 Å². The average Bonchev–Trinajstić information content (AvgIpc) is 2.75. The molecule has 0 spiro atoms. The number of rotatable bonds is 12. The maximum Gasteiger partial charge on any atom is 0.196 e. The van der Waals surface area contributed by atoms with Crippen LogP contribution >= 0.6 is 0 Å². The molecule has 154 valence electrons. The number of hydrogen-bond donors (Lipinski definition) is 4. The van der Waals surface area contributed by atoms with Gasteiger partial charge >= 0.3 is 0 Å². The van der Waals surface area contributed by atoms with Crippen LogP contribution in [-0.4, -0.2) is 50.8 Å². The Labute approximate surface area is 172 Å². The standard InChI is InChI=1S/C23H30N4O2/c24-11-4-12-25-13-5-14-26-15-6-16-27-20-10-3-9-19-21(20)23(29)18-8-2-1-7-17(18)22(19)28/h1-3,7-10,25-27H,4-6,11-16,24H2. The third-order valence-electron chi connectivity index (χ3n) is 5.06. The lowest BCUT2D eigenvalue weighted by Gasteiger charge is -2.20. The van der Waals surface area contributed by atoms with Gasteiger partial charge in [0.2, 0.25) is 0 Å². The molecule has 0 saturated heterocycles. The Morgan fingerprint density at radius 3 is 1.93 bits per heavy atom. The molecule has 0 bridgehead atoms. The average molecular weight is 395 g/mol. The molecule has 0 aromatic heterocycles. The molecule has 1 aliphatic carbocycles. The van der Waals surface area contributed by atoms with Gasteiger partial charge in [-0.2, -0.15) is 0 Å². The minimum absolute atomic E-state index is 0.0828. The van der Waals surface area contributed by atoms with Crippen LogP contribution in [0.15, 0.2) is 42.5 Å². The second-order valence-corrected chi connectivity index (χ2v) is 7.21. The molecule has 6 heteroatoms. The Morgan fingerprint density at radius 1 is 0.655 bits per heavy atom. The zero-order chi connectivity index (χ0) is 20.5. The fourth-order valence-electron chi connectivity index (χ4n) is 3.54. The first-order chi connectivity index (χ1) is 14.2. The molecule has 2 aromatic rings. The van der Waals surface area contributed by atoms with Gasteiger partial charge in [0.1, 0.15) is 0 Å². The molecule has 5 N–H and O–H groups in total. The van der Waals surface area contributed by atoms with Crippen molar-refractivity contribution in [3.63, 3.8) is 0 Å². The summed E-state index contributed by atoms with van der Waals surface area (Å²) in [6.07, 6.45) is 3.03. The van der Waals surface area contributed by atoms with Gasteiger partial charge in [0.25, 0.3) is 0 Å². The van der Waals surface area contributed by atoms with Gasteiger partial charge in [-0.15, -0.1) is 0 Å². The molecule has 3 rings (SSSR count). The van der Waals surface area contributed by atoms with E-state index in [1.807, 2.05) is 12.1 Å². The molecule has 0 amide bonds. The zero-order valence-electron chi connectivity index (χ0n) is 16.8. The molecule has 0 heterocycles. The van der Waals surface area contributed by atoms with Crippen molar-refractivity contribution >= 4 is 17.3 Å². The SMILES string of the molecule is NCCCNCCCNCCCNc1cccc2c1C(=O)c1ccccc1C2=O. The number of nitrogens with one attached hydrogen (secondary N) is 3. The van der Waals surface area contributed by atoms with Crippen LogP contribution in [0.5, 0.6) is 0 Å². The van der Waals surface area contributed by atoms with Crippen molar-refractivity contribution in [1.82, 2.24) is 10.6 Å². The Morgan fingerprint density at radius 2 is 1.24 bits per heavy atom. The molecular weight excluding hydrogens is 364 g/mol. The molecular formula is C23H30N4O2. The number of anilines is 1. The highest BCUT2D eigenvalue weighted by atomic mass is 16.1. The molecule has 0 saturated carbocycles. The Bertz CT molecular complexity index is 851.